The van der Waals surface area contributed by atoms with Gasteiger partial charge in [0.1, 0.15) is 0 Å². The number of aryl methyl sites for hydroxylation is 1. The van der Waals surface area contributed by atoms with E-state index >= 15 is 0 Å². The lowest BCUT2D eigenvalue weighted by atomic mass is 10.2. The Kier molecular flexibility index (Phi) is 5.40. The van der Waals surface area contributed by atoms with Crippen molar-refractivity contribution in [2.45, 2.75) is 24.3 Å². The molecule has 0 aliphatic carbocycles. The summed E-state index contributed by atoms with van der Waals surface area (Å²) in [5.41, 5.74) is 2.48. The lowest BCUT2D eigenvalue weighted by Gasteiger charge is -2.12. The van der Waals surface area contributed by atoms with Crippen molar-refractivity contribution in [1.29, 1.82) is 0 Å². The second-order valence-electron chi connectivity index (χ2n) is 5.45. The van der Waals surface area contributed by atoms with E-state index in [-0.39, 0.29) is 5.91 Å². The molecule has 0 spiro atoms. The van der Waals surface area contributed by atoms with Crippen LogP contribution in [0, 0.1) is 6.92 Å². The third-order valence-electron chi connectivity index (χ3n) is 3.53. The smallest absolute Gasteiger partial charge is 0.277 e. The van der Waals surface area contributed by atoms with Gasteiger partial charge in [-0.3, -0.25) is 4.79 Å². The van der Waals surface area contributed by atoms with Gasteiger partial charge in [0.15, 0.2) is 0 Å². The molecule has 0 aliphatic rings. The monoisotopic (exact) mass is 373 g/mol. The fourth-order valence-electron chi connectivity index (χ4n) is 2.12. The third kappa shape index (κ3) is 4.41. The Bertz CT molecular complexity index is 883. The van der Waals surface area contributed by atoms with Gasteiger partial charge in [-0.05, 0) is 43.7 Å². The average molecular weight is 374 g/mol. The average Bonchev–Trinajstić information content (AvgIpc) is 3.07. The third-order valence-corrected chi connectivity index (χ3v) is 4.70. The molecule has 3 rings (SSSR count). The molecule has 1 atom stereocenters. The van der Waals surface area contributed by atoms with Crippen molar-refractivity contribution < 1.29 is 9.21 Å². The van der Waals surface area contributed by atoms with Gasteiger partial charge in [-0.1, -0.05) is 47.6 Å². The number of amides is 1. The van der Waals surface area contributed by atoms with E-state index in [0.717, 1.165) is 11.1 Å². The zero-order valence-electron chi connectivity index (χ0n) is 13.7. The van der Waals surface area contributed by atoms with Gasteiger partial charge >= 0.3 is 0 Å². The molecule has 0 saturated heterocycles. The largest absolute Gasteiger partial charge is 0.411 e. The first kappa shape index (κ1) is 17.5. The minimum Gasteiger partial charge on any atom is -0.411 e. The topological polar surface area (TPSA) is 68.0 Å². The summed E-state index contributed by atoms with van der Waals surface area (Å²) in [7, 11) is 0. The molecular weight excluding hydrogens is 358 g/mol. The molecule has 5 nitrogen and oxygen atoms in total. The molecule has 1 aromatic heterocycles. The number of nitrogens with zero attached hydrogens (tertiary/aromatic N) is 2. The highest BCUT2D eigenvalue weighted by molar-refractivity contribution is 8.00. The number of hydrogen-bond donors (Lipinski definition) is 1. The van der Waals surface area contributed by atoms with Crippen LogP contribution in [0.4, 0.5) is 5.69 Å². The lowest BCUT2D eigenvalue weighted by molar-refractivity contribution is -0.115. The Hall–Kier alpha value is -2.31. The molecule has 0 radical (unpaired) electrons. The molecular formula is C18H16ClN3O2S. The summed E-state index contributed by atoms with van der Waals surface area (Å²) < 4.78 is 5.62. The number of carbonyl (C=O) groups is 1. The van der Waals surface area contributed by atoms with Crippen molar-refractivity contribution in [3.05, 3.63) is 59.1 Å². The lowest BCUT2D eigenvalue weighted by Crippen LogP contribution is -2.22. The zero-order valence-corrected chi connectivity index (χ0v) is 15.3. The van der Waals surface area contributed by atoms with Crippen molar-refractivity contribution in [3.63, 3.8) is 0 Å². The van der Waals surface area contributed by atoms with Crippen molar-refractivity contribution in [1.82, 2.24) is 10.2 Å². The van der Waals surface area contributed by atoms with Crippen molar-refractivity contribution in [2.75, 3.05) is 5.32 Å². The normalized spacial score (nSPS) is 12.0. The van der Waals surface area contributed by atoms with E-state index in [1.807, 2.05) is 43.3 Å². The number of aromatic nitrogens is 2. The Labute approximate surface area is 154 Å². The Morgan fingerprint density at radius 1 is 1.20 bits per heavy atom. The number of benzene rings is 2. The second-order valence-corrected chi connectivity index (χ2v) is 7.18. The summed E-state index contributed by atoms with van der Waals surface area (Å²) in [6.45, 7) is 3.69. The van der Waals surface area contributed by atoms with Crippen LogP contribution in [0.25, 0.3) is 11.5 Å². The predicted octanol–water partition coefficient (Wildman–Crippen LogP) is 4.82. The Morgan fingerprint density at radius 3 is 2.72 bits per heavy atom. The summed E-state index contributed by atoms with van der Waals surface area (Å²) in [4.78, 5) is 12.4. The molecule has 1 N–H and O–H groups in total. The molecule has 0 saturated carbocycles. The van der Waals surface area contributed by atoms with E-state index in [2.05, 4.69) is 15.5 Å². The van der Waals surface area contributed by atoms with Crippen molar-refractivity contribution in [3.8, 4) is 11.5 Å². The van der Waals surface area contributed by atoms with E-state index in [1.165, 1.54) is 11.8 Å². The molecule has 1 amide bonds. The van der Waals surface area contributed by atoms with Crippen molar-refractivity contribution >= 4 is 35.0 Å². The first-order chi connectivity index (χ1) is 12.0. The van der Waals surface area contributed by atoms with Crippen LogP contribution in [-0.2, 0) is 4.79 Å². The highest BCUT2D eigenvalue weighted by Crippen LogP contribution is 2.27. The molecule has 0 unspecified atom stereocenters. The molecule has 1 heterocycles. The van der Waals surface area contributed by atoms with Crippen LogP contribution < -0.4 is 5.32 Å². The SMILES string of the molecule is Cc1ccc(Cl)cc1NC(=O)[C@@H](C)Sc1nnc(-c2ccccc2)o1. The number of hydrogen-bond acceptors (Lipinski definition) is 5. The first-order valence-electron chi connectivity index (χ1n) is 7.65. The van der Waals surface area contributed by atoms with Gasteiger partial charge in [0.05, 0.1) is 5.25 Å². The minimum absolute atomic E-state index is 0.158. The van der Waals surface area contributed by atoms with Gasteiger partial charge in [-0.2, -0.15) is 0 Å². The molecule has 0 fully saturated rings. The number of halogens is 1. The summed E-state index contributed by atoms with van der Waals surface area (Å²) in [6.07, 6.45) is 0. The molecule has 0 bridgehead atoms. The summed E-state index contributed by atoms with van der Waals surface area (Å²) in [6, 6.07) is 14.9. The van der Waals surface area contributed by atoms with E-state index in [9.17, 15) is 4.79 Å². The molecule has 7 heteroatoms. The fraction of sp³-hybridized carbons (Fsp3) is 0.167. The van der Waals surface area contributed by atoms with Gasteiger partial charge in [0.2, 0.25) is 11.8 Å². The molecule has 0 aliphatic heterocycles. The molecule has 128 valence electrons. The van der Waals surface area contributed by atoms with Crippen LogP contribution in [0.3, 0.4) is 0 Å². The second kappa shape index (κ2) is 7.72. The number of nitrogens with one attached hydrogen (secondary N) is 1. The van der Waals surface area contributed by atoms with Gasteiger partial charge in [0, 0.05) is 16.3 Å². The minimum atomic E-state index is -0.401. The maximum absolute atomic E-state index is 12.4. The van der Waals surface area contributed by atoms with Crippen LogP contribution in [0.1, 0.15) is 12.5 Å². The summed E-state index contributed by atoms with van der Waals surface area (Å²) >= 11 is 7.19. The van der Waals surface area contributed by atoms with E-state index in [4.69, 9.17) is 16.0 Å². The maximum atomic E-state index is 12.4. The van der Waals surface area contributed by atoms with E-state index in [1.54, 1.807) is 19.1 Å². The Morgan fingerprint density at radius 2 is 1.96 bits per heavy atom. The number of thioether (sulfide) groups is 1. The molecule has 2 aromatic carbocycles. The van der Waals surface area contributed by atoms with Gasteiger partial charge in [0.25, 0.3) is 5.22 Å². The quantitative estimate of drug-likeness (QED) is 0.649. The predicted molar refractivity (Wildman–Crippen MR) is 99.9 cm³/mol. The van der Waals surface area contributed by atoms with Crippen LogP contribution in [0.2, 0.25) is 5.02 Å². The van der Waals surface area contributed by atoms with Crippen LogP contribution >= 0.6 is 23.4 Å². The standard InChI is InChI=1S/C18H16ClN3O2S/c1-11-8-9-14(19)10-15(11)20-16(23)12(2)25-18-22-21-17(24-18)13-6-4-3-5-7-13/h3-10,12H,1-2H3,(H,20,23)/t12-/m1/s1. The first-order valence-corrected chi connectivity index (χ1v) is 8.91. The van der Waals surface area contributed by atoms with Crippen LogP contribution in [0.15, 0.2) is 58.2 Å². The van der Waals surface area contributed by atoms with E-state index < -0.39 is 5.25 Å². The number of anilines is 1. The zero-order chi connectivity index (χ0) is 17.8. The van der Waals surface area contributed by atoms with Gasteiger partial charge in [-0.25, -0.2) is 0 Å². The number of carbonyl (C=O) groups excluding carboxylic acids is 1. The highest BCUT2D eigenvalue weighted by atomic mass is 35.5. The Balaban J connectivity index is 1.66. The van der Waals surface area contributed by atoms with Crippen LogP contribution in [0.5, 0.6) is 0 Å². The highest BCUT2D eigenvalue weighted by Gasteiger charge is 2.19. The summed E-state index contributed by atoms with van der Waals surface area (Å²) in [5.74, 6) is 0.274. The molecule has 3 aromatic rings. The van der Waals surface area contributed by atoms with Gasteiger partial charge < -0.3 is 9.73 Å². The van der Waals surface area contributed by atoms with E-state index in [0.29, 0.717) is 21.8 Å². The maximum Gasteiger partial charge on any atom is 0.277 e. The fourth-order valence-corrected chi connectivity index (χ4v) is 2.98. The summed E-state index contributed by atoms with van der Waals surface area (Å²) in [5, 5.41) is 11.4. The van der Waals surface area contributed by atoms with Crippen LogP contribution in [-0.4, -0.2) is 21.4 Å². The number of rotatable bonds is 5. The molecule has 25 heavy (non-hydrogen) atoms. The van der Waals surface area contributed by atoms with Gasteiger partial charge in [-0.15, -0.1) is 10.2 Å². The van der Waals surface area contributed by atoms with Crippen molar-refractivity contribution in [2.24, 2.45) is 0 Å².